The quantitative estimate of drug-likeness (QED) is 0.661. The molecule has 1 aromatic carbocycles. The number of nitriles is 1. The molecule has 0 unspecified atom stereocenters. The predicted octanol–water partition coefficient (Wildman–Crippen LogP) is 1.25. The highest BCUT2D eigenvalue weighted by molar-refractivity contribution is 6.08. The number of hydrogen-bond donors (Lipinski definition) is 0. The Hall–Kier alpha value is -2.15. The topological polar surface area (TPSA) is 61.2 Å². The molecule has 0 atom stereocenters. The van der Waals surface area contributed by atoms with Crippen LogP contribution in [-0.2, 0) is 9.59 Å². The fourth-order valence-corrected chi connectivity index (χ4v) is 1.70. The van der Waals surface area contributed by atoms with Gasteiger partial charge in [-0.1, -0.05) is 0 Å². The number of rotatable bonds is 1. The van der Waals surface area contributed by atoms with Crippen molar-refractivity contribution in [2.45, 2.75) is 12.8 Å². The first-order chi connectivity index (χ1) is 7.70. The third-order valence-electron chi connectivity index (χ3n) is 2.57. The largest absolute Gasteiger partial charge is 0.312 e. The van der Waals surface area contributed by atoms with Crippen LogP contribution in [0.3, 0.4) is 0 Å². The second-order valence-electron chi connectivity index (χ2n) is 3.67. The molecule has 0 spiro atoms. The fraction of sp³-hybridized carbons (Fsp3) is 0.250. The highest BCUT2D eigenvalue weighted by atomic mass is 16.2. The normalized spacial score (nSPS) is 16.1. The molecule has 0 N–H and O–H groups in total. The summed E-state index contributed by atoms with van der Waals surface area (Å²) in [5.74, 6) is -0.171. The first-order valence-corrected chi connectivity index (χ1v) is 5.03. The highest BCUT2D eigenvalue weighted by Crippen LogP contribution is 2.19. The van der Waals surface area contributed by atoms with Gasteiger partial charge in [0.05, 0.1) is 18.1 Å². The van der Waals surface area contributed by atoms with Gasteiger partial charge in [0.1, 0.15) is 5.78 Å². The average molecular weight is 214 g/mol. The van der Waals surface area contributed by atoms with Gasteiger partial charge in [0.2, 0.25) is 5.91 Å². The fourth-order valence-electron chi connectivity index (χ4n) is 1.70. The van der Waals surface area contributed by atoms with E-state index in [1.54, 1.807) is 29.2 Å². The molecule has 1 aliphatic rings. The molecule has 16 heavy (non-hydrogen) atoms. The first kappa shape index (κ1) is 10.4. The van der Waals surface area contributed by atoms with Crippen LogP contribution in [0.25, 0.3) is 0 Å². The van der Waals surface area contributed by atoms with Gasteiger partial charge in [-0.05, 0) is 24.3 Å². The summed E-state index contributed by atoms with van der Waals surface area (Å²) in [6.07, 6.45) is 0.395. The maximum atomic E-state index is 11.6. The standard InChI is InChI=1S/C12H10N2O2/c13-8-9-1-3-10(4-2-9)14-6-5-11(15)7-12(14)16/h1-4H,5-7H2. The second kappa shape index (κ2) is 4.15. The smallest absolute Gasteiger partial charge is 0.234 e. The lowest BCUT2D eigenvalue weighted by molar-refractivity contribution is -0.128. The Morgan fingerprint density at radius 1 is 1.19 bits per heavy atom. The maximum absolute atomic E-state index is 11.6. The van der Waals surface area contributed by atoms with Gasteiger partial charge in [0, 0.05) is 18.7 Å². The van der Waals surface area contributed by atoms with E-state index in [4.69, 9.17) is 5.26 Å². The summed E-state index contributed by atoms with van der Waals surface area (Å²) < 4.78 is 0. The van der Waals surface area contributed by atoms with Gasteiger partial charge in [-0.25, -0.2) is 0 Å². The molecule has 1 saturated heterocycles. The van der Waals surface area contributed by atoms with Crippen molar-refractivity contribution in [3.8, 4) is 6.07 Å². The number of benzene rings is 1. The summed E-state index contributed by atoms with van der Waals surface area (Å²) in [6, 6.07) is 8.81. The average Bonchev–Trinajstić information content (AvgIpc) is 2.29. The van der Waals surface area contributed by atoms with Crippen molar-refractivity contribution in [3.05, 3.63) is 29.8 Å². The number of carbonyl (C=O) groups excluding carboxylic acids is 2. The van der Waals surface area contributed by atoms with Crippen LogP contribution in [0.15, 0.2) is 24.3 Å². The zero-order valence-electron chi connectivity index (χ0n) is 8.64. The molecule has 80 valence electrons. The van der Waals surface area contributed by atoms with Crippen molar-refractivity contribution in [1.29, 1.82) is 5.26 Å². The van der Waals surface area contributed by atoms with Gasteiger partial charge in [-0.3, -0.25) is 9.59 Å². The Morgan fingerprint density at radius 2 is 1.88 bits per heavy atom. The summed E-state index contributed by atoms with van der Waals surface area (Å²) >= 11 is 0. The maximum Gasteiger partial charge on any atom is 0.234 e. The van der Waals surface area contributed by atoms with Gasteiger partial charge in [0.25, 0.3) is 0 Å². The van der Waals surface area contributed by atoms with Gasteiger partial charge in [-0.15, -0.1) is 0 Å². The summed E-state index contributed by atoms with van der Waals surface area (Å²) in [7, 11) is 0. The highest BCUT2D eigenvalue weighted by Gasteiger charge is 2.24. The second-order valence-corrected chi connectivity index (χ2v) is 3.67. The molecule has 4 nitrogen and oxygen atoms in total. The SMILES string of the molecule is N#Cc1ccc(N2CCC(=O)CC2=O)cc1. The van der Waals surface area contributed by atoms with Gasteiger partial charge >= 0.3 is 0 Å². The Kier molecular flexibility index (Phi) is 2.69. The lowest BCUT2D eigenvalue weighted by atomic mass is 10.1. The van der Waals surface area contributed by atoms with Crippen molar-refractivity contribution in [1.82, 2.24) is 0 Å². The molecule has 2 rings (SSSR count). The molecule has 1 fully saturated rings. The molecule has 0 radical (unpaired) electrons. The van der Waals surface area contributed by atoms with E-state index < -0.39 is 0 Å². The molecular weight excluding hydrogens is 204 g/mol. The lowest BCUT2D eigenvalue weighted by Gasteiger charge is -2.26. The molecule has 0 aliphatic carbocycles. The molecule has 4 heteroatoms. The van der Waals surface area contributed by atoms with Gasteiger partial charge < -0.3 is 4.90 Å². The van der Waals surface area contributed by atoms with E-state index in [1.807, 2.05) is 6.07 Å². The van der Waals surface area contributed by atoms with Crippen molar-refractivity contribution in [2.75, 3.05) is 11.4 Å². The minimum atomic E-state index is -0.166. The van der Waals surface area contributed by atoms with Crippen LogP contribution in [0.4, 0.5) is 5.69 Å². The molecule has 0 aromatic heterocycles. The molecular formula is C12H10N2O2. The first-order valence-electron chi connectivity index (χ1n) is 5.03. The van der Waals surface area contributed by atoms with E-state index in [1.165, 1.54) is 0 Å². The third kappa shape index (κ3) is 1.94. The van der Waals surface area contributed by atoms with Crippen molar-refractivity contribution < 1.29 is 9.59 Å². The molecule has 1 aromatic rings. The summed E-state index contributed by atoms with van der Waals surface area (Å²) in [5.41, 5.74) is 1.31. The molecule has 1 aliphatic heterocycles. The van der Waals surface area contributed by atoms with Crippen LogP contribution in [0.5, 0.6) is 0 Å². The Bertz CT molecular complexity index is 471. The number of ketones is 1. The van der Waals surface area contributed by atoms with Crippen molar-refractivity contribution >= 4 is 17.4 Å². The van der Waals surface area contributed by atoms with Gasteiger partial charge in [0.15, 0.2) is 0 Å². The van der Waals surface area contributed by atoms with Crippen LogP contribution in [0.1, 0.15) is 18.4 Å². The Balaban J connectivity index is 2.21. The molecule has 1 heterocycles. The van der Waals surface area contributed by atoms with E-state index in [-0.39, 0.29) is 18.1 Å². The van der Waals surface area contributed by atoms with Crippen LogP contribution in [0, 0.1) is 11.3 Å². The summed E-state index contributed by atoms with van der Waals surface area (Å²) in [6.45, 7) is 0.434. The molecule has 0 saturated carbocycles. The third-order valence-corrected chi connectivity index (χ3v) is 2.57. The van der Waals surface area contributed by atoms with E-state index in [2.05, 4.69) is 0 Å². The monoisotopic (exact) mass is 214 g/mol. The van der Waals surface area contributed by atoms with Gasteiger partial charge in [-0.2, -0.15) is 5.26 Å². The molecule has 1 amide bonds. The van der Waals surface area contributed by atoms with E-state index in [9.17, 15) is 9.59 Å². The minimum Gasteiger partial charge on any atom is -0.312 e. The van der Waals surface area contributed by atoms with E-state index in [0.717, 1.165) is 5.69 Å². The van der Waals surface area contributed by atoms with Crippen molar-refractivity contribution in [2.24, 2.45) is 0 Å². The summed E-state index contributed by atoms with van der Waals surface area (Å²) in [4.78, 5) is 24.2. The number of carbonyl (C=O) groups is 2. The van der Waals surface area contributed by atoms with E-state index in [0.29, 0.717) is 18.5 Å². The number of nitrogens with zero attached hydrogens (tertiary/aromatic N) is 2. The number of amides is 1. The lowest BCUT2D eigenvalue weighted by Crippen LogP contribution is -2.38. The van der Waals surface area contributed by atoms with Crippen LogP contribution >= 0.6 is 0 Å². The summed E-state index contributed by atoms with van der Waals surface area (Å²) in [5, 5.41) is 8.65. The molecule has 0 bridgehead atoms. The van der Waals surface area contributed by atoms with Crippen LogP contribution < -0.4 is 4.90 Å². The minimum absolute atomic E-state index is 0.00473. The number of hydrogen-bond acceptors (Lipinski definition) is 3. The van der Waals surface area contributed by atoms with E-state index >= 15 is 0 Å². The van der Waals surface area contributed by atoms with Crippen molar-refractivity contribution in [3.63, 3.8) is 0 Å². The zero-order valence-corrected chi connectivity index (χ0v) is 8.64. The zero-order chi connectivity index (χ0) is 11.5. The predicted molar refractivity (Wildman–Crippen MR) is 57.8 cm³/mol. The van der Waals surface area contributed by atoms with Crippen LogP contribution in [-0.4, -0.2) is 18.2 Å². The Morgan fingerprint density at radius 3 is 2.44 bits per heavy atom. The Labute approximate surface area is 93.1 Å². The number of piperidine rings is 1. The number of Topliss-reactive ketones (excluding diaryl/α,β-unsaturated/α-hetero) is 1. The number of anilines is 1. The van der Waals surface area contributed by atoms with Crippen LogP contribution in [0.2, 0.25) is 0 Å².